The molecule has 1 N–H and O–H groups in total. The number of nitrogens with zero attached hydrogens (tertiary/aromatic N) is 1. The summed E-state index contributed by atoms with van der Waals surface area (Å²) in [6.07, 6.45) is 4.58. The normalized spacial score (nSPS) is 16.1. The van der Waals surface area contributed by atoms with Gasteiger partial charge in [0.25, 0.3) is 0 Å². The second kappa shape index (κ2) is 7.38. The summed E-state index contributed by atoms with van der Waals surface area (Å²) in [6.45, 7) is 4.23. The molecule has 5 heteroatoms. The van der Waals surface area contributed by atoms with Crippen molar-refractivity contribution in [1.29, 1.82) is 0 Å². The molecule has 1 saturated carbocycles. The van der Waals surface area contributed by atoms with Crippen molar-refractivity contribution in [1.82, 2.24) is 9.62 Å². The lowest BCUT2D eigenvalue weighted by molar-refractivity contribution is 0.263. The monoisotopic (exact) mass is 310 g/mol. The number of hydrogen-bond acceptors (Lipinski definition) is 3. The van der Waals surface area contributed by atoms with Gasteiger partial charge < -0.3 is 5.32 Å². The van der Waals surface area contributed by atoms with Crippen molar-refractivity contribution in [2.45, 2.75) is 44.0 Å². The Labute approximate surface area is 128 Å². The summed E-state index contributed by atoms with van der Waals surface area (Å²) < 4.78 is 27.0. The van der Waals surface area contributed by atoms with Crippen molar-refractivity contribution in [2.75, 3.05) is 20.1 Å². The molecular weight excluding hydrogens is 284 g/mol. The SMILES string of the molecule is CCCNCc1ccccc1S(=O)(=O)N(C)CC1CCC1. The standard InChI is InChI=1S/C16H26N2O2S/c1-3-11-17-12-15-9-4-5-10-16(15)21(19,20)18(2)13-14-7-6-8-14/h4-5,9-10,14,17H,3,6-8,11-13H2,1-2H3. The van der Waals surface area contributed by atoms with Crippen molar-refractivity contribution >= 4 is 10.0 Å². The molecule has 2 rings (SSSR count). The molecule has 0 amide bonds. The van der Waals surface area contributed by atoms with E-state index in [1.807, 2.05) is 12.1 Å². The molecule has 4 nitrogen and oxygen atoms in total. The van der Waals surface area contributed by atoms with Crippen LogP contribution in [0.25, 0.3) is 0 Å². The third-order valence-corrected chi connectivity index (χ3v) is 6.07. The molecule has 0 radical (unpaired) electrons. The maximum atomic E-state index is 12.8. The van der Waals surface area contributed by atoms with Gasteiger partial charge in [-0.05, 0) is 43.4 Å². The fourth-order valence-corrected chi connectivity index (χ4v) is 4.07. The number of rotatable bonds is 8. The summed E-state index contributed by atoms with van der Waals surface area (Å²) in [5.74, 6) is 0.537. The van der Waals surface area contributed by atoms with Gasteiger partial charge in [0.15, 0.2) is 0 Å². The van der Waals surface area contributed by atoms with E-state index >= 15 is 0 Å². The molecule has 0 unspecified atom stereocenters. The second-order valence-corrected chi connectivity index (χ2v) is 7.88. The lowest BCUT2D eigenvalue weighted by Crippen LogP contribution is -2.35. The van der Waals surface area contributed by atoms with Crippen LogP contribution in [0, 0.1) is 5.92 Å². The van der Waals surface area contributed by atoms with Gasteiger partial charge in [-0.1, -0.05) is 31.5 Å². The van der Waals surface area contributed by atoms with Crippen LogP contribution in [-0.2, 0) is 16.6 Å². The minimum Gasteiger partial charge on any atom is -0.313 e. The molecule has 1 aliphatic carbocycles. The van der Waals surface area contributed by atoms with Crippen molar-refractivity contribution in [3.8, 4) is 0 Å². The van der Waals surface area contributed by atoms with Crippen molar-refractivity contribution in [2.24, 2.45) is 5.92 Å². The Morgan fingerprint density at radius 3 is 2.62 bits per heavy atom. The quantitative estimate of drug-likeness (QED) is 0.751. The first-order valence-electron chi connectivity index (χ1n) is 7.80. The summed E-state index contributed by atoms with van der Waals surface area (Å²) >= 11 is 0. The number of nitrogens with one attached hydrogen (secondary N) is 1. The summed E-state index contributed by atoms with van der Waals surface area (Å²) in [6, 6.07) is 7.31. The Hall–Kier alpha value is -0.910. The molecular formula is C16H26N2O2S. The van der Waals surface area contributed by atoms with Crippen LogP contribution in [0.4, 0.5) is 0 Å². The zero-order valence-electron chi connectivity index (χ0n) is 13.0. The van der Waals surface area contributed by atoms with E-state index in [4.69, 9.17) is 0 Å². The molecule has 1 fully saturated rings. The third-order valence-electron chi connectivity index (χ3n) is 4.14. The minimum atomic E-state index is -3.38. The van der Waals surface area contributed by atoms with Crippen LogP contribution in [-0.4, -0.2) is 32.9 Å². The molecule has 0 aromatic heterocycles. The lowest BCUT2D eigenvalue weighted by Gasteiger charge is -2.30. The highest BCUT2D eigenvalue weighted by atomic mass is 32.2. The van der Waals surface area contributed by atoms with E-state index in [1.54, 1.807) is 19.2 Å². The Balaban J connectivity index is 2.14. The van der Waals surface area contributed by atoms with Crippen LogP contribution in [0.5, 0.6) is 0 Å². The molecule has 0 saturated heterocycles. The average molecular weight is 310 g/mol. The molecule has 0 heterocycles. The van der Waals surface area contributed by atoms with E-state index in [9.17, 15) is 8.42 Å². The Morgan fingerprint density at radius 1 is 1.29 bits per heavy atom. The molecule has 1 aromatic rings. The van der Waals surface area contributed by atoms with Crippen molar-refractivity contribution in [3.05, 3.63) is 29.8 Å². The smallest absolute Gasteiger partial charge is 0.243 e. The van der Waals surface area contributed by atoms with Crippen LogP contribution in [0.15, 0.2) is 29.2 Å². The molecule has 0 aliphatic heterocycles. The molecule has 0 atom stereocenters. The molecule has 118 valence electrons. The first-order valence-corrected chi connectivity index (χ1v) is 9.24. The van der Waals surface area contributed by atoms with Gasteiger partial charge in [0.1, 0.15) is 0 Å². The number of hydrogen-bond donors (Lipinski definition) is 1. The predicted octanol–water partition coefficient (Wildman–Crippen LogP) is 2.61. The zero-order valence-corrected chi connectivity index (χ0v) is 13.8. The molecule has 1 aliphatic rings. The van der Waals surface area contributed by atoms with Crippen LogP contribution >= 0.6 is 0 Å². The maximum Gasteiger partial charge on any atom is 0.243 e. The fraction of sp³-hybridized carbons (Fsp3) is 0.625. The van der Waals surface area contributed by atoms with Crippen LogP contribution in [0.3, 0.4) is 0 Å². The lowest BCUT2D eigenvalue weighted by atomic mass is 9.86. The van der Waals surface area contributed by atoms with E-state index in [-0.39, 0.29) is 0 Å². The number of sulfonamides is 1. The van der Waals surface area contributed by atoms with Gasteiger partial charge in [0.2, 0.25) is 10.0 Å². The van der Waals surface area contributed by atoms with E-state index < -0.39 is 10.0 Å². The van der Waals surface area contributed by atoms with E-state index in [0.717, 1.165) is 31.4 Å². The van der Waals surface area contributed by atoms with Crippen LogP contribution in [0.2, 0.25) is 0 Å². The molecule has 0 bridgehead atoms. The van der Waals surface area contributed by atoms with Gasteiger partial charge in [-0.3, -0.25) is 0 Å². The van der Waals surface area contributed by atoms with Gasteiger partial charge >= 0.3 is 0 Å². The first kappa shape index (κ1) is 16.5. The van der Waals surface area contributed by atoms with E-state index in [0.29, 0.717) is 23.9 Å². The predicted molar refractivity (Wildman–Crippen MR) is 85.6 cm³/mol. The van der Waals surface area contributed by atoms with Crippen molar-refractivity contribution < 1.29 is 8.42 Å². The summed E-state index contributed by atoms with van der Waals surface area (Å²) in [5.41, 5.74) is 0.853. The highest BCUT2D eigenvalue weighted by Gasteiger charge is 2.28. The van der Waals surface area contributed by atoms with Gasteiger partial charge in [0, 0.05) is 20.1 Å². The highest BCUT2D eigenvalue weighted by molar-refractivity contribution is 7.89. The summed E-state index contributed by atoms with van der Waals surface area (Å²) in [5, 5.41) is 3.28. The van der Waals surface area contributed by atoms with Gasteiger partial charge in [-0.25, -0.2) is 12.7 Å². The topological polar surface area (TPSA) is 49.4 Å². The largest absolute Gasteiger partial charge is 0.313 e. The van der Waals surface area contributed by atoms with E-state index in [2.05, 4.69) is 12.2 Å². The van der Waals surface area contributed by atoms with Gasteiger partial charge in [-0.2, -0.15) is 0 Å². The second-order valence-electron chi connectivity index (χ2n) is 5.87. The molecule has 0 spiro atoms. The summed E-state index contributed by atoms with van der Waals surface area (Å²) in [7, 11) is -1.69. The first-order chi connectivity index (χ1) is 10.1. The zero-order chi connectivity index (χ0) is 15.3. The van der Waals surface area contributed by atoms with Crippen LogP contribution in [0.1, 0.15) is 38.2 Å². The Bertz CT molecular complexity index is 553. The summed E-state index contributed by atoms with van der Waals surface area (Å²) in [4.78, 5) is 0.440. The maximum absolute atomic E-state index is 12.8. The Kier molecular flexibility index (Phi) is 5.79. The Morgan fingerprint density at radius 2 is 2.00 bits per heavy atom. The average Bonchev–Trinajstić information content (AvgIpc) is 2.43. The van der Waals surface area contributed by atoms with Gasteiger partial charge in [-0.15, -0.1) is 0 Å². The van der Waals surface area contributed by atoms with Crippen LogP contribution < -0.4 is 5.32 Å². The van der Waals surface area contributed by atoms with E-state index in [1.165, 1.54) is 10.7 Å². The molecule has 21 heavy (non-hydrogen) atoms. The fourth-order valence-electron chi connectivity index (χ4n) is 2.61. The minimum absolute atomic E-state index is 0.440. The third kappa shape index (κ3) is 4.05. The van der Waals surface area contributed by atoms with Gasteiger partial charge in [0.05, 0.1) is 4.90 Å². The molecule has 1 aromatic carbocycles. The number of benzene rings is 1. The van der Waals surface area contributed by atoms with Crippen molar-refractivity contribution in [3.63, 3.8) is 0 Å². The highest BCUT2D eigenvalue weighted by Crippen LogP contribution is 2.29.